The third-order valence-electron chi connectivity index (χ3n) is 4.31. The van der Waals surface area contributed by atoms with Crippen molar-refractivity contribution in [3.63, 3.8) is 0 Å². The molecule has 3 rings (SSSR count). The molecule has 2 aliphatic carbocycles. The van der Waals surface area contributed by atoms with Crippen LogP contribution in [0.15, 0.2) is 30.3 Å². The first-order valence-electron chi connectivity index (χ1n) is 5.88. The van der Waals surface area contributed by atoms with Gasteiger partial charge in [-0.1, -0.05) is 30.3 Å². The van der Waals surface area contributed by atoms with E-state index in [1.807, 2.05) is 0 Å². The molecular weight excluding hydrogens is 184 g/mol. The normalized spacial score (nSPS) is 38.1. The van der Waals surface area contributed by atoms with Crippen LogP contribution in [-0.2, 0) is 4.79 Å². The fourth-order valence-corrected chi connectivity index (χ4v) is 3.60. The minimum Gasteiger partial charge on any atom is -0.303 e. The summed E-state index contributed by atoms with van der Waals surface area (Å²) in [6.45, 7) is 0. The summed E-state index contributed by atoms with van der Waals surface area (Å²) in [7, 11) is 0. The van der Waals surface area contributed by atoms with Gasteiger partial charge >= 0.3 is 0 Å². The standard InChI is InChI=1S/C14H16O/c15-9-13-7-12-6-11(13)8-14(12)10-4-2-1-3-5-10/h1-5,9,11-14H,6-8H2. The van der Waals surface area contributed by atoms with Crippen molar-refractivity contribution in [3.8, 4) is 0 Å². The molecule has 1 aromatic rings. The highest BCUT2D eigenvalue weighted by molar-refractivity contribution is 5.55. The van der Waals surface area contributed by atoms with Gasteiger partial charge in [0, 0.05) is 5.92 Å². The molecule has 0 radical (unpaired) electrons. The van der Waals surface area contributed by atoms with Gasteiger partial charge in [0.1, 0.15) is 6.29 Å². The molecule has 2 bridgehead atoms. The average molecular weight is 200 g/mol. The second-order valence-corrected chi connectivity index (χ2v) is 5.04. The molecule has 1 nitrogen and oxygen atoms in total. The number of rotatable bonds is 2. The molecule has 4 atom stereocenters. The number of fused-ring (bicyclic) bond motifs is 2. The second-order valence-electron chi connectivity index (χ2n) is 5.04. The zero-order valence-corrected chi connectivity index (χ0v) is 8.80. The molecule has 0 N–H and O–H groups in total. The maximum Gasteiger partial charge on any atom is 0.123 e. The van der Waals surface area contributed by atoms with Gasteiger partial charge in [-0.3, -0.25) is 0 Å². The summed E-state index contributed by atoms with van der Waals surface area (Å²) in [6, 6.07) is 10.8. The molecule has 0 saturated heterocycles. The van der Waals surface area contributed by atoms with Gasteiger partial charge in [0.2, 0.25) is 0 Å². The molecule has 2 fully saturated rings. The molecule has 2 aliphatic rings. The Kier molecular flexibility index (Phi) is 2.12. The van der Waals surface area contributed by atoms with Crippen LogP contribution in [0.4, 0.5) is 0 Å². The maximum atomic E-state index is 10.8. The van der Waals surface area contributed by atoms with E-state index < -0.39 is 0 Å². The molecule has 4 unspecified atom stereocenters. The summed E-state index contributed by atoms with van der Waals surface area (Å²) < 4.78 is 0. The smallest absolute Gasteiger partial charge is 0.123 e. The van der Waals surface area contributed by atoms with Crippen LogP contribution in [0.5, 0.6) is 0 Å². The van der Waals surface area contributed by atoms with E-state index in [0.717, 1.165) is 18.3 Å². The summed E-state index contributed by atoms with van der Waals surface area (Å²) in [4.78, 5) is 10.8. The van der Waals surface area contributed by atoms with Crippen molar-refractivity contribution in [2.24, 2.45) is 17.8 Å². The molecule has 1 heteroatoms. The number of hydrogen-bond donors (Lipinski definition) is 0. The van der Waals surface area contributed by atoms with Crippen molar-refractivity contribution < 1.29 is 4.79 Å². The van der Waals surface area contributed by atoms with Gasteiger partial charge in [-0.15, -0.1) is 0 Å². The van der Waals surface area contributed by atoms with Gasteiger partial charge in [0.05, 0.1) is 0 Å². The number of carbonyl (C=O) groups excluding carboxylic acids is 1. The number of aldehydes is 1. The number of benzene rings is 1. The van der Waals surface area contributed by atoms with Crippen molar-refractivity contribution in [3.05, 3.63) is 35.9 Å². The average Bonchev–Trinajstić information content (AvgIpc) is 2.89. The minimum absolute atomic E-state index is 0.370. The number of carbonyl (C=O) groups is 1. The Labute approximate surface area is 90.5 Å². The quantitative estimate of drug-likeness (QED) is 0.671. The number of hydrogen-bond acceptors (Lipinski definition) is 1. The molecule has 15 heavy (non-hydrogen) atoms. The Morgan fingerprint density at radius 3 is 2.40 bits per heavy atom. The molecule has 2 saturated carbocycles. The van der Waals surface area contributed by atoms with E-state index in [2.05, 4.69) is 30.3 Å². The molecule has 0 amide bonds. The van der Waals surface area contributed by atoms with E-state index in [1.54, 1.807) is 0 Å². The van der Waals surface area contributed by atoms with Gasteiger partial charge in [-0.25, -0.2) is 0 Å². The van der Waals surface area contributed by atoms with Crippen LogP contribution in [0.3, 0.4) is 0 Å². The van der Waals surface area contributed by atoms with Crippen LogP contribution in [0, 0.1) is 17.8 Å². The van der Waals surface area contributed by atoms with E-state index in [-0.39, 0.29) is 0 Å². The fourth-order valence-electron chi connectivity index (χ4n) is 3.60. The van der Waals surface area contributed by atoms with Crippen molar-refractivity contribution in [1.82, 2.24) is 0 Å². The van der Waals surface area contributed by atoms with E-state index >= 15 is 0 Å². The first-order chi connectivity index (χ1) is 7.38. The van der Waals surface area contributed by atoms with Crippen LogP contribution in [0.2, 0.25) is 0 Å². The SMILES string of the molecule is O=CC1CC2CC1CC2c1ccccc1. The zero-order valence-electron chi connectivity index (χ0n) is 8.80. The molecular formula is C14H16O. The van der Waals surface area contributed by atoms with Crippen LogP contribution in [0.25, 0.3) is 0 Å². The van der Waals surface area contributed by atoms with E-state index in [9.17, 15) is 4.79 Å². The monoisotopic (exact) mass is 200 g/mol. The van der Waals surface area contributed by atoms with Gasteiger partial charge < -0.3 is 4.79 Å². The minimum atomic E-state index is 0.370. The second kappa shape index (κ2) is 3.48. The summed E-state index contributed by atoms with van der Waals surface area (Å²) >= 11 is 0. The lowest BCUT2D eigenvalue weighted by Crippen LogP contribution is -2.17. The summed E-state index contributed by atoms with van der Waals surface area (Å²) in [6.07, 6.45) is 4.83. The highest BCUT2D eigenvalue weighted by Crippen LogP contribution is 2.54. The Bertz CT molecular complexity index is 357. The predicted molar refractivity (Wildman–Crippen MR) is 59.6 cm³/mol. The molecule has 1 aromatic carbocycles. The summed E-state index contributed by atoms with van der Waals surface area (Å²) in [5, 5.41) is 0. The Hall–Kier alpha value is -1.11. The first kappa shape index (κ1) is 9.14. The highest BCUT2D eigenvalue weighted by Gasteiger charge is 2.45. The first-order valence-corrected chi connectivity index (χ1v) is 5.88. The maximum absolute atomic E-state index is 10.8. The Morgan fingerprint density at radius 1 is 1.00 bits per heavy atom. The molecule has 0 aliphatic heterocycles. The molecule has 0 aromatic heterocycles. The van der Waals surface area contributed by atoms with E-state index in [1.165, 1.54) is 24.7 Å². The van der Waals surface area contributed by atoms with E-state index in [0.29, 0.717) is 11.8 Å². The van der Waals surface area contributed by atoms with Gasteiger partial charge in [0.25, 0.3) is 0 Å². The zero-order chi connectivity index (χ0) is 10.3. The fraction of sp³-hybridized carbons (Fsp3) is 0.500. The van der Waals surface area contributed by atoms with Gasteiger partial charge in [-0.2, -0.15) is 0 Å². The third-order valence-corrected chi connectivity index (χ3v) is 4.31. The van der Waals surface area contributed by atoms with Gasteiger partial charge in [0.15, 0.2) is 0 Å². The lowest BCUT2D eigenvalue weighted by molar-refractivity contribution is -0.112. The lowest BCUT2D eigenvalue weighted by atomic mass is 9.79. The van der Waals surface area contributed by atoms with Crippen molar-refractivity contribution in [2.75, 3.05) is 0 Å². The van der Waals surface area contributed by atoms with Crippen LogP contribution >= 0.6 is 0 Å². The molecule has 78 valence electrons. The van der Waals surface area contributed by atoms with Crippen molar-refractivity contribution in [1.29, 1.82) is 0 Å². The third kappa shape index (κ3) is 1.41. The molecule has 0 spiro atoms. The lowest BCUT2D eigenvalue weighted by Gasteiger charge is -2.25. The van der Waals surface area contributed by atoms with Crippen molar-refractivity contribution in [2.45, 2.75) is 25.2 Å². The largest absolute Gasteiger partial charge is 0.303 e. The van der Waals surface area contributed by atoms with Crippen LogP contribution in [0.1, 0.15) is 30.7 Å². The Morgan fingerprint density at radius 2 is 1.80 bits per heavy atom. The predicted octanol–water partition coefficient (Wildman–Crippen LogP) is 3.02. The van der Waals surface area contributed by atoms with Gasteiger partial charge in [-0.05, 0) is 42.6 Å². The summed E-state index contributed by atoms with van der Waals surface area (Å²) in [5.74, 6) is 2.55. The Balaban J connectivity index is 1.81. The van der Waals surface area contributed by atoms with E-state index in [4.69, 9.17) is 0 Å². The van der Waals surface area contributed by atoms with Crippen molar-refractivity contribution >= 4 is 6.29 Å². The topological polar surface area (TPSA) is 17.1 Å². The van der Waals surface area contributed by atoms with Crippen LogP contribution in [-0.4, -0.2) is 6.29 Å². The van der Waals surface area contributed by atoms with Crippen LogP contribution < -0.4 is 0 Å². The summed E-state index contributed by atoms with van der Waals surface area (Å²) in [5.41, 5.74) is 1.48. The highest BCUT2D eigenvalue weighted by atomic mass is 16.1. The molecule has 0 heterocycles.